The van der Waals surface area contributed by atoms with Crippen LogP contribution in [-0.4, -0.2) is 7.85 Å². The SMILES string of the molecule is BC1CC1C=C. The Morgan fingerprint density at radius 3 is 2.33 bits per heavy atom. The van der Waals surface area contributed by atoms with Gasteiger partial charge >= 0.3 is 0 Å². The molecular weight excluding hydrogens is 70.9 g/mol. The summed E-state index contributed by atoms with van der Waals surface area (Å²) in [7, 11) is 2.26. The Balaban J connectivity index is 2.25. The molecule has 0 bridgehead atoms. The molecule has 6 heavy (non-hydrogen) atoms. The zero-order valence-electron chi connectivity index (χ0n) is 4.15. The summed E-state index contributed by atoms with van der Waals surface area (Å²) in [4.78, 5) is 0. The van der Waals surface area contributed by atoms with Gasteiger partial charge in [-0.1, -0.05) is 18.3 Å². The molecule has 1 aliphatic rings. The van der Waals surface area contributed by atoms with E-state index in [1.165, 1.54) is 6.42 Å². The Morgan fingerprint density at radius 2 is 2.33 bits per heavy atom. The lowest BCUT2D eigenvalue weighted by Crippen LogP contribution is -1.63. The highest BCUT2D eigenvalue weighted by Crippen LogP contribution is 2.42. The van der Waals surface area contributed by atoms with Gasteiger partial charge in [-0.15, -0.1) is 6.58 Å². The molecule has 2 atom stereocenters. The van der Waals surface area contributed by atoms with Crippen LogP contribution in [0, 0.1) is 5.92 Å². The van der Waals surface area contributed by atoms with E-state index in [2.05, 4.69) is 14.4 Å². The third-order valence-electron chi connectivity index (χ3n) is 1.47. The van der Waals surface area contributed by atoms with Gasteiger partial charge in [0, 0.05) is 0 Å². The van der Waals surface area contributed by atoms with E-state index in [0.29, 0.717) is 0 Å². The standard InChI is InChI=1S/C5H9B/c1-2-4-3-5(4)6/h2,4-5H,1,3,6H2. The molecule has 0 N–H and O–H groups in total. The zero-order chi connectivity index (χ0) is 4.57. The Morgan fingerprint density at radius 1 is 1.83 bits per heavy atom. The van der Waals surface area contributed by atoms with Crippen LogP contribution in [0.15, 0.2) is 12.7 Å². The first kappa shape index (κ1) is 3.98. The summed E-state index contributed by atoms with van der Waals surface area (Å²) in [6, 6.07) is 0. The molecule has 0 aromatic carbocycles. The van der Waals surface area contributed by atoms with Crippen molar-refractivity contribution in [1.29, 1.82) is 0 Å². The fourth-order valence-electron chi connectivity index (χ4n) is 0.679. The summed E-state index contributed by atoms with van der Waals surface area (Å²) in [5.74, 6) is 1.81. The Bertz CT molecular complexity index is 68.3. The summed E-state index contributed by atoms with van der Waals surface area (Å²) in [6.07, 6.45) is 3.42. The summed E-state index contributed by atoms with van der Waals surface area (Å²) >= 11 is 0. The third-order valence-corrected chi connectivity index (χ3v) is 1.47. The molecular formula is C5H9B. The maximum absolute atomic E-state index is 3.67. The van der Waals surface area contributed by atoms with E-state index in [1.807, 2.05) is 6.08 Å². The van der Waals surface area contributed by atoms with Crippen LogP contribution in [0.2, 0.25) is 5.82 Å². The zero-order valence-corrected chi connectivity index (χ0v) is 4.15. The number of allylic oxidation sites excluding steroid dienone is 1. The summed E-state index contributed by atoms with van der Waals surface area (Å²) < 4.78 is 0. The topological polar surface area (TPSA) is 0 Å². The van der Waals surface area contributed by atoms with Gasteiger partial charge in [0.15, 0.2) is 0 Å². The second kappa shape index (κ2) is 1.14. The summed E-state index contributed by atoms with van der Waals surface area (Å²) in [5, 5.41) is 0. The van der Waals surface area contributed by atoms with Crippen molar-refractivity contribution in [1.82, 2.24) is 0 Å². The number of hydrogen-bond acceptors (Lipinski definition) is 0. The highest BCUT2D eigenvalue weighted by molar-refractivity contribution is 6.14. The van der Waals surface area contributed by atoms with Gasteiger partial charge in [-0.3, -0.25) is 0 Å². The smallest absolute Gasteiger partial charge is 0.103 e. The fourth-order valence-corrected chi connectivity index (χ4v) is 0.679. The Kier molecular flexibility index (Phi) is 0.757. The molecule has 0 heterocycles. The Hall–Kier alpha value is -0.195. The number of hydrogen-bond donors (Lipinski definition) is 0. The minimum atomic E-state index is 0.866. The lowest BCUT2D eigenvalue weighted by Gasteiger charge is -1.71. The van der Waals surface area contributed by atoms with Crippen LogP contribution in [0.5, 0.6) is 0 Å². The van der Waals surface area contributed by atoms with Gasteiger partial charge in [-0.05, 0) is 5.92 Å². The van der Waals surface area contributed by atoms with Crippen molar-refractivity contribution in [2.24, 2.45) is 5.92 Å². The van der Waals surface area contributed by atoms with Crippen LogP contribution in [0.4, 0.5) is 0 Å². The monoisotopic (exact) mass is 80.1 g/mol. The van der Waals surface area contributed by atoms with Crippen LogP contribution < -0.4 is 0 Å². The van der Waals surface area contributed by atoms with Crippen molar-refractivity contribution in [2.75, 3.05) is 0 Å². The highest BCUT2D eigenvalue weighted by Gasteiger charge is 2.28. The van der Waals surface area contributed by atoms with Crippen molar-refractivity contribution in [3.8, 4) is 0 Å². The van der Waals surface area contributed by atoms with Gasteiger partial charge in [0.25, 0.3) is 0 Å². The van der Waals surface area contributed by atoms with Gasteiger partial charge in [-0.25, -0.2) is 0 Å². The fraction of sp³-hybridized carbons (Fsp3) is 0.600. The minimum absolute atomic E-state index is 0.866. The maximum Gasteiger partial charge on any atom is 0.106 e. The van der Waals surface area contributed by atoms with E-state index in [0.717, 1.165) is 11.7 Å². The first-order chi connectivity index (χ1) is 2.84. The molecule has 0 saturated heterocycles. The molecule has 32 valence electrons. The van der Waals surface area contributed by atoms with Crippen molar-refractivity contribution < 1.29 is 0 Å². The maximum atomic E-state index is 3.67. The van der Waals surface area contributed by atoms with Gasteiger partial charge in [0.2, 0.25) is 0 Å². The molecule has 0 radical (unpaired) electrons. The van der Waals surface area contributed by atoms with Crippen LogP contribution in [0.25, 0.3) is 0 Å². The van der Waals surface area contributed by atoms with Crippen LogP contribution in [0.3, 0.4) is 0 Å². The first-order valence-electron chi connectivity index (χ1n) is 2.47. The molecule has 0 spiro atoms. The largest absolute Gasteiger partial charge is 0.106 e. The Labute approximate surface area is 39.7 Å². The predicted octanol–water partition coefficient (Wildman–Crippen LogP) is 0.614. The van der Waals surface area contributed by atoms with E-state index < -0.39 is 0 Å². The van der Waals surface area contributed by atoms with Crippen molar-refractivity contribution in [3.63, 3.8) is 0 Å². The van der Waals surface area contributed by atoms with Crippen molar-refractivity contribution in [3.05, 3.63) is 12.7 Å². The van der Waals surface area contributed by atoms with Crippen LogP contribution >= 0.6 is 0 Å². The predicted molar refractivity (Wildman–Crippen MR) is 30.6 cm³/mol. The van der Waals surface area contributed by atoms with Gasteiger partial charge < -0.3 is 0 Å². The van der Waals surface area contributed by atoms with E-state index in [1.54, 1.807) is 0 Å². The van der Waals surface area contributed by atoms with Crippen LogP contribution in [-0.2, 0) is 0 Å². The molecule has 0 aromatic heterocycles. The normalized spacial score (nSPS) is 42.0. The highest BCUT2D eigenvalue weighted by atomic mass is 14.3. The molecule has 0 amide bonds. The minimum Gasteiger partial charge on any atom is -0.103 e. The molecule has 1 saturated carbocycles. The van der Waals surface area contributed by atoms with Gasteiger partial charge in [-0.2, -0.15) is 0 Å². The van der Waals surface area contributed by atoms with Gasteiger partial charge in [0.1, 0.15) is 7.85 Å². The van der Waals surface area contributed by atoms with Gasteiger partial charge in [0.05, 0.1) is 0 Å². The summed E-state index contributed by atoms with van der Waals surface area (Å²) in [6.45, 7) is 3.67. The third kappa shape index (κ3) is 0.491. The lowest BCUT2D eigenvalue weighted by molar-refractivity contribution is 1.13. The quantitative estimate of drug-likeness (QED) is 0.320. The second-order valence-electron chi connectivity index (χ2n) is 2.11. The first-order valence-corrected chi connectivity index (χ1v) is 2.47. The molecule has 0 aliphatic heterocycles. The molecule has 1 fully saturated rings. The average molecular weight is 79.9 g/mol. The number of rotatable bonds is 1. The van der Waals surface area contributed by atoms with E-state index in [-0.39, 0.29) is 0 Å². The van der Waals surface area contributed by atoms with E-state index in [9.17, 15) is 0 Å². The molecule has 0 nitrogen and oxygen atoms in total. The lowest BCUT2D eigenvalue weighted by atomic mass is 10.0. The second-order valence-corrected chi connectivity index (χ2v) is 2.11. The molecule has 1 aliphatic carbocycles. The average Bonchev–Trinajstić information content (AvgIpc) is 2.19. The molecule has 1 rings (SSSR count). The summed E-state index contributed by atoms with van der Waals surface area (Å²) in [5.41, 5.74) is 0. The molecule has 1 heteroatoms. The van der Waals surface area contributed by atoms with E-state index >= 15 is 0 Å². The van der Waals surface area contributed by atoms with Crippen LogP contribution in [0.1, 0.15) is 6.42 Å². The van der Waals surface area contributed by atoms with E-state index in [4.69, 9.17) is 0 Å². The molecule has 0 aromatic rings. The van der Waals surface area contributed by atoms with Crippen molar-refractivity contribution in [2.45, 2.75) is 12.2 Å². The molecule has 2 unspecified atom stereocenters. The van der Waals surface area contributed by atoms with Crippen molar-refractivity contribution >= 4 is 7.85 Å².